The highest BCUT2D eigenvalue weighted by Gasteiger charge is 2.24. The molecule has 1 aromatic heterocycles. The fraction of sp³-hybridized carbons (Fsp3) is 0.333. The maximum absolute atomic E-state index is 12.4. The molecule has 3 rings (SSSR count). The SMILES string of the molecule is COc1cc(NC(=O)c2cc(C)oc2C)ccc1N1CCCC1=O. The summed E-state index contributed by atoms with van der Waals surface area (Å²) in [5.74, 6) is 1.68. The number of ether oxygens (including phenoxy) is 1. The van der Waals surface area contributed by atoms with Crippen LogP contribution in [-0.2, 0) is 4.79 Å². The third-order valence-corrected chi connectivity index (χ3v) is 4.09. The molecule has 24 heavy (non-hydrogen) atoms. The van der Waals surface area contributed by atoms with Gasteiger partial charge in [-0.15, -0.1) is 0 Å². The standard InChI is InChI=1S/C18H20N2O4/c1-11-9-14(12(2)24-11)18(22)19-13-6-7-15(16(10-13)23-3)20-8-4-5-17(20)21/h6-7,9-10H,4-5,8H2,1-3H3,(H,19,22). The van der Waals surface area contributed by atoms with Gasteiger partial charge in [0.05, 0.1) is 18.4 Å². The summed E-state index contributed by atoms with van der Waals surface area (Å²) in [6.45, 7) is 4.24. The van der Waals surface area contributed by atoms with E-state index in [1.807, 2.05) is 0 Å². The predicted octanol–water partition coefficient (Wildman–Crippen LogP) is 3.28. The lowest BCUT2D eigenvalue weighted by molar-refractivity contribution is -0.117. The van der Waals surface area contributed by atoms with Crippen molar-refractivity contribution in [2.24, 2.45) is 0 Å². The summed E-state index contributed by atoms with van der Waals surface area (Å²) in [5.41, 5.74) is 1.84. The molecule has 1 N–H and O–H groups in total. The molecule has 2 amide bonds. The van der Waals surface area contributed by atoms with Gasteiger partial charge < -0.3 is 19.4 Å². The molecule has 6 nitrogen and oxygen atoms in total. The van der Waals surface area contributed by atoms with Gasteiger partial charge in [0.2, 0.25) is 5.91 Å². The minimum atomic E-state index is -0.239. The molecule has 126 valence electrons. The Hall–Kier alpha value is -2.76. The van der Waals surface area contributed by atoms with E-state index in [2.05, 4.69) is 5.32 Å². The molecule has 1 saturated heterocycles. The first-order valence-electron chi connectivity index (χ1n) is 7.86. The molecular formula is C18H20N2O4. The van der Waals surface area contributed by atoms with Gasteiger partial charge in [-0.2, -0.15) is 0 Å². The number of anilines is 2. The van der Waals surface area contributed by atoms with Crippen LogP contribution in [0.2, 0.25) is 0 Å². The maximum Gasteiger partial charge on any atom is 0.259 e. The molecule has 1 aliphatic rings. The molecule has 0 atom stereocenters. The number of carbonyl (C=O) groups excluding carboxylic acids is 2. The van der Waals surface area contributed by atoms with Crippen LogP contribution in [0.25, 0.3) is 0 Å². The van der Waals surface area contributed by atoms with E-state index in [0.29, 0.717) is 41.5 Å². The molecule has 6 heteroatoms. The average Bonchev–Trinajstić information content (AvgIpc) is 3.12. The fourth-order valence-corrected chi connectivity index (χ4v) is 2.94. The highest BCUT2D eigenvalue weighted by Crippen LogP contribution is 2.34. The molecule has 2 aromatic rings. The van der Waals surface area contributed by atoms with E-state index in [-0.39, 0.29) is 11.8 Å². The Morgan fingerprint density at radius 1 is 1.29 bits per heavy atom. The van der Waals surface area contributed by atoms with Crippen molar-refractivity contribution in [1.29, 1.82) is 0 Å². The summed E-state index contributed by atoms with van der Waals surface area (Å²) >= 11 is 0. The molecule has 1 fully saturated rings. The van der Waals surface area contributed by atoms with Crippen LogP contribution in [-0.4, -0.2) is 25.5 Å². The van der Waals surface area contributed by atoms with Crippen LogP contribution in [0.4, 0.5) is 11.4 Å². The third kappa shape index (κ3) is 2.99. The van der Waals surface area contributed by atoms with E-state index in [1.54, 1.807) is 50.1 Å². The summed E-state index contributed by atoms with van der Waals surface area (Å²) in [5, 5.41) is 2.83. The third-order valence-electron chi connectivity index (χ3n) is 4.09. The molecule has 0 aliphatic carbocycles. The number of hydrogen-bond donors (Lipinski definition) is 1. The second-order valence-electron chi connectivity index (χ2n) is 5.82. The van der Waals surface area contributed by atoms with E-state index in [9.17, 15) is 9.59 Å². The first-order valence-corrected chi connectivity index (χ1v) is 7.86. The molecule has 0 bridgehead atoms. The lowest BCUT2D eigenvalue weighted by Crippen LogP contribution is -2.24. The largest absolute Gasteiger partial charge is 0.494 e. The Morgan fingerprint density at radius 2 is 2.08 bits per heavy atom. The number of nitrogens with zero attached hydrogens (tertiary/aromatic N) is 1. The minimum absolute atomic E-state index is 0.0922. The number of nitrogens with one attached hydrogen (secondary N) is 1. The Labute approximate surface area is 140 Å². The molecule has 0 radical (unpaired) electrons. The van der Waals surface area contributed by atoms with E-state index in [1.165, 1.54) is 0 Å². The van der Waals surface area contributed by atoms with Crippen LogP contribution < -0.4 is 15.0 Å². The summed E-state index contributed by atoms with van der Waals surface area (Å²) in [4.78, 5) is 26.0. The first-order chi connectivity index (χ1) is 11.5. The summed E-state index contributed by atoms with van der Waals surface area (Å²) in [6.07, 6.45) is 1.40. The zero-order valence-electron chi connectivity index (χ0n) is 14.0. The second kappa shape index (κ2) is 6.39. The number of hydrogen-bond acceptors (Lipinski definition) is 4. The van der Waals surface area contributed by atoms with Gasteiger partial charge in [0, 0.05) is 24.7 Å². The smallest absolute Gasteiger partial charge is 0.259 e. The molecule has 1 aromatic carbocycles. The number of aryl methyl sites for hydroxylation is 2. The topological polar surface area (TPSA) is 71.8 Å². The van der Waals surface area contributed by atoms with Gasteiger partial charge >= 0.3 is 0 Å². The van der Waals surface area contributed by atoms with Crippen LogP contribution in [0, 0.1) is 13.8 Å². The number of carbonyl (C=O) groups is 2. The van der Waals surface area contributed by atoms with Gasteiger partial charge in [-0.1, -0.05) is 0 Å². The van der Waals surface area contributed by atoms with Crippen molar-refractivity contribution in [2.45, 2.75) is 26.7 Å². The van der Waals surface area contributed by atoms with Crippen molar-refractivity contribution in [3.05, 3.63) is 41.3 Å². The van der Waals surface area contributed by atoms with Gasteiger partial charge in [0.25, 0.3) is 5.91 Å². The average molecular weight is 328 g/mol. The molecular weight excluding hydrogens is 308 g/mol. The monoisotopic (exact) mass is 328 g/mol. The van der Waals surface area contributed by atoms with Gasteiger partial charge in [0.15, 0.2) is 0 Å². The Balaban J connectivity index is 1.83. The minimum Gasteiger partial charge on any atom is -0.494 e. The van der Waals surface area contributed by atoms with Crippen molar-refractivity contribution in [3.8, 4) is 5.75 Å². The van der Waals surface area contributed by atoms with Crippen LogP contribution in [0.5, 0.6) is 5.75 Å². The summed E-state index contributed by atoms with van der Waals surface area (Å²) in [7, 11) is 1.55. The number of benzene rings is 1. The van der Waals surface area contributed by atoms with Crippen molar-refractivity contribution in [1.82, 2.24) is 0 Å². The lowest BCUT2D eigenvalue weighted by atomic mass is 10.2. The number of amides is 2. The van der Waals surface area contributed by atoms with E-state index in [4.69, 9.17) is 9.15 Å². The highest BCUT2D eigenvalue weighted by molar-refractivity contribution is 6.05. The van der Waals surface area contributed by atoms with E-state index >= 15 is 0 Å². The summed E-state index contributed by atoms with van der Waals surface area (Å²) in [6, 6.07) is 7.00. The van der Waals surface area contributed by atoms with Crippen LogP contribution >= 0.6 is 0 Å². The number of rotatable bonds is 4. The maximum atomic E-state index is 12.4. The molecule has 0 spiro atoms. The van der Waals surface area contributed by atoms with Crippen molar-refractivity contribution in [2.75, 3.05) is 23.9 Å². The number of furan rings is 1. The molecule has 1 aliphatic heterocycles. The van der Waals surface area contributed by atoms with Gasteiger partial charge in [-0.25, -0.2) is 0 Å². The molecule has 0 saturated carbocycles. The van der Waals surface area contributed by atoms with Crippen LogP contribution in [0.1, 0.15) is 34.7 Å². The van der Waals surface area contributed by atoms with Crippen LogP contribution in [0.15, 0.2) is 28.7 Å². The first kappa shape index (κ1) is 16.1. The van der Waals surface area contributed by atoms with Crippen molar-refractivity contribution >= 4 is 23.2 Å². The fourth-order valence-electron chi connectivity index (χ4n) is 2.94. The second-order valence-corrected chi connectivity index (χ2v) is 5.82. The quantitative estimate of drug-likeness (QED) is 0.935. The zero-order valence-corrected chi connectivity index (χ0v) is 14.0. The lowest BCUT2D eigenvalue weighted by Gasteiger charge is -2.19. The van der Waals surface area contributed by atoms with Gasteiger partial charge in [0.1, 0.15) is 17.3 Å². The van der Waals surface area contributed by atoms with E-state index in [0.717, 1.165) is 12.1 Å². The molecule has 0 unspecified atom stereocenters. The van der Waals surface area contributed by atoms with Gasteiger partial charge in [-0.3, -0.25) is 9.59 Å². The Kier molecular flexibility index (Phi) is 4.29. The van der Waals surface area contributed by atoms with E-state index < -0.39 is 0 Å². The van der Waals surface area contributed by atoms with Gasteiger partial charge in [-0.05, 0) is 38.5 Å². The normalized spacial score (nSPS) is 14.1. The van der Waals surface area contributed by atoms with Crippen molar-refractivity contribution < 1.29 is 18.7 Å². The Bertz CT molecular complexity index is 794. The zero-order chi connectivity index (χ0) is 17.3. The highest BCUT2D eigenvalue weighted by atomic mass is 16.5. The Morgan fingerprint density at radius 3 is 2.67 bits per heavy atom. The predicted molar refractivity (Wildman–Crippen MR) is 90.7 cm³/mol. The molecule has 2 heterocycles. The van der Waals surface area contributed by atoms with Crippen molar-refractivity contribution in [3.63, 3.8) is 0 Å². The summed E-state index contributed by atoms with van der Waals surface area (Å²) < 4.78 is 10.8. The van der Waals surface area contributed by atoms with Crippen LogP contribution in [0.3, 0.4) is 0 Å². The number of methoxy groups -OCH3 is 1.